The second kappa shape index (κ2) is 8.25. The Morgan fingerprint density at radius 3 is 1.97 bits per heavy atom. The minimum atomic E-state index is -0.0367. The van der Waals surface area contributed by atoms with Crippen LogP contribution in [0.25, 0.3) is 22.3 Å². The summed E-state index contributed by atoms with van der Waals surface area (Å²) in [4.78, 5) is 6.63. The first-order valence-corrected chi connectivity index (χ1v) is 12.1. The minimum absolute atomic E-state index is 0.0367. The van der Waals surface area contributed by atoms with E-state index >= 15 is 0 Å². The highest BCUT2D eigenvalue weighted by molar-refractivity contribution is 5.85. The van der Waals surface area contributed by atoms with Crippen LogP contribution in [-0.4, -0.2) is 4.98 Å². The van der Waals surface area contributed by atoms with Gasteiger partial charge in [0.2, 0.25) is 0 Å². The highest BCUT2D eigenvalue weighted by atomic mass is 15.1. The molecule has 2 heteroatoms. The van der Waals surface area contributed by atoms with E-state index < -0.39 is 0 Å². The van der Waals surface area contributed by atoms with Crippen molar-refractivity contribution in [2.45, 2.75) is 26.2 Å². The van der Waals surface area contributed by atoms with Gasteiger partial charge in [-0.15, -0.1) is 0 Å². The predicted octanol–water partition coefficient (Wildman–Crippen LogP) is 8.83. The summed E-state index contributed by atoms with van der Waals surface area (Å²) in [6.45, 7) is 6.80. The monoisotopic (exact) mass is 452 g/mol. The topological polar surface area (TPSA) is 16.1 Å². The van der Waals surface area contributed by atoms with E-state index in [9.17, 15) is 0 Å². The second-order valence-corrected chi connectivity index (χ2v) is 9.86. The molecule has 0 unspecified atom stereocenters. The molecule has 1 aliphatic carbocycles. The molecule has 0 saturated heterocycles. The summed E-state index contributed by atoms with van der Waals surface area (Å²) in [5, 5.41) is 0. The quantitative estimate of drug-likeness (QED) is 0.271. The van der Waals surface area contributed by atoms with Crippen molar-refractivity contribution in [2.24, 2.45) is 0 Å². The number of aromatic nitrogens is 1. The van der Waals surface area contributed by atoms with Crippen molar-refractivity contribution in [2.75, 3.05) is 4.90 Å². The molecular formula is C33H28N2. The molecule has 5 aromatic rings. The van der Waals surface area contributed by atoms with Crippen LogP contribution in [0.4, 0.5) is 17.1 Å². The van der Waals surface area contributed by atoms with Crippen molar-refractivity contribution in [3.05, 3.63) is 132 Å². The Kier molecular flexibility index (Phi) is 5.04. The Balaban J connectivity index is 1.47. The van der Waals surface area contributed by atoms with E-state index in [1.54, 1.807) is 0 Å². The fourth-order valence-corrected chi connectivity index (χ4v) is 5.31. The lowest BCUT2D eigenvalue weighted by molar-refractivity contribution is 0.660. The van der Waals surface area contributed by atoms with Crippen LogP contribution in [0, 0.1) is 6.92 Å². The summed E-state index contributed by atoms with van der Waals surface area (Å²) < 4.78 is 0. The van der Waals surface area contributed by atoms with E-state index in [0.717, 1.165) is 22.5 Å². The van der Waals surface area contributed by atoms with Crippen LogP contribution in [0.2, 0.25) is 0 Å². The lowest BCUT2D eigenvalue weighted by Crippen LogP contribution is -2.16. The third-order valence-corrected chi connectivity index (χ3v) is 7.24. The normalized spacial score (nSPS) is 13.2. The SMILES string of the molecule is Cc1ccc(N(c2ccc(-c3cccnc3)cc2)c2ccc3c(c2)C(C)(C)c2ccccc2-3)cc1. The van der Waals surface area contributed by atoms with Crippen molar-refractivity contribution in [1.82, 2.24) is 4.98 Å². The van der Waals surface area contributed by atoms with Gasteiger partial charge in [-0.25, -0.2) is 0 Å². The number of anilines is 3. The zero-order valence-corrected chi connectivity index (χ0v) is 20.4. The number of aryl methyl sites for hydroxylation is 1. The van der Waals surface area contributed by atoms with Gasteiger partial charge in [0, 0.05) is 34.9 Å². The van der Waals surface area contributed by atoms with Gasteiger partial charge in [0.25, 0.3) is 0 Å². The Labute approximate surface area is 207 Å². The molecule has 0 fully saturated rings. The largest absolute Gasteiger partial charge is 0.310 e. The van der Waals surface area contributed by atoms with Gasteiger partial charge in [-0.2, -0.15) is 0 Å². The molecule has 0 bridgehead atoms. The van der Waals surface area contributed by atoms with Crippen LogP contribution in [-0.2, 0) is 5.41 Å². The van der Waals surface area contributed by atoms with Crippen LogP contribution in [0.1, 0.15) is 30.5 Å². The summed E-state index contributed by atoms with van der Waals surface area (Å²) in [6.07, 6.45) is 3.72. The number of fused-ring (bicyclic) bond motifs is 3. The zero-order valence-electron chi connectivity index (χ0n) is 20.4. The Bertz CT molecular complexity index is 1500. The van der Waals surface area contributed by atoms with Crippen LogP contribution in [0.3, 0.4) is 0 Å². The standard InChI is InChI=1S/C33H28N2/c1-23-10-14-26(15-11-23)35(27-16-12-24(13-17-27)25-7-6-20-34-22-25)28-18-19-30-29-8-4-5-9-31(29)33(2,3)32(30)21-28/h4-22H,1-3H3. The van der Waals surface area contributed by atoms with E-state index in [4.69, 9.17) is 0 Å². The van der Waals surface area contributed by atoms with Crippen LogP contribution in [0.5, 0.6) is 0 Å². The van der Waals surface area contributed by atoms with Crippen LogP contribution < -0.4 is 4.90 Å². The molecule has 0 amide bonds. The number of hydrogen-bond acceptors (Lipinski definition) is 2. The molecule has 6 rings (SSSR count). The lowest BCUT2D eigenvalue weighted by Gasteiger charge is -2.28. The maximum absolute atomic E-state index is 4.28. The number of benzene rings is 4. The number of hydrogen-bond donors (Lipinski definition) is 0. The summed E-state index contributed by atoms with van der Waals surface area (Å²) in [7, 11) is 0. The Hall–Kier alpha value is -4.17. The third-order valence-electron chi connectivity index (χ3n) is 7.24. The molecule has 35 heavy (non-hydrogen) atoms. The van der Waals surface area contributed by atoms with E-state index in [-0.39, 0.29) is 5.41 Å². The highest BCUT2D eigenvalue weighted by Crippen LogP contribution is 2.50. The number of nitrogens with zero attached hydrogens (tertiary/aromatic N) is 2. The van der Waals surface area contributed by atoms with E-state index in [2.05, 4.69) is 128 Å². The van der Waals surface area contributed by atoms with Gasteiger partial charge < -0.3 is 4.90 Å². The van der Waals surface area contributed by atoms with Gasteiger partial charge in [-0.3, -0.25) is 4.98 Å². The smallest absolute Gasteiger partial charge is 0.0465 e. The second-order valence-electron chi connectivity index (χ2n) is 9.86. The first kappa shape index (κ1) is 21.4. The molecule has 1 heterocycles. The highest BCUT2D eigenvalue weighted by Gasteiger charge is 2.35. The summed E-state index contributed by atoms with van der Waals surface area (Å²) >= 11 is 0. The predicted molar refractivity (Wildman–Crippen MR) is 147 cm³/mol. The fraction of sp³-hybridized carbons (Fsp3) is 0.121. The van der Waals surface area contributed by atoms with Gasteiger partial charge in [-0.05, 0) is 82.8 Å². The first-order chi connectivity index (χ1) is 17.0. The average molecular weight is 453 g/mol. The van der Waals surface area contributed by atoms with Crippen LogP contribution >= 0.6 is 0 Å². The van der Waals surface area contributed by atoms with Crippen molar-refractivity contribution >= 4 is 17.1 Å². The summed E-state index contributed by atoms with van der Waals surface area (Å²) in [5.74, 6) is 0. The maximum Gasteiger partial charge on any atom is 0.0465 e. The lowest BCUT2D eigenvalue weighted by atomic mass is 9.82. The van der Waals surface area contributed by atoms with Gasteiger partial charge in [0.05, 0.1) is 0 Å². The maximum atomic E-state index is 4.28. The van der Waals surface area contributed by atoms with E-state index in [0.29, 0.717) is 0 Å². The molecule has 1 aromatic heterocycles. The third kappa shape index (κ3) is 3.63. The van der Waals surface area contributed by atoms with Crippen LogP contribution in [0.15, 0.2) is 116 Å². The minimum Gasteiger partial charge on any atom is -0.310 e. The molecule has 2 nitrogen and oxygen atoms in total. The molecule has 0 spiro atoms. The fourth-order valence-electron chi connectivity index (χ4n) is 5.31. The Morgan fingerprint density at radius 1 is 0.600 bits per heavy atom. The van der Waals surface area contributed by atoms with Gasteiger partial charge in [0.1, 0.15) is 0 Å². The van der Waals surface area contributed by atoms with Gasteiger partial charge in [0.15, 0.2) is 0 Å². The van der Waals surface area contributed by atoms with Gasteiger partial charge >= 0.3 is 0 Å². The van der Waals surface area contributed by atoms with E-state index in [1.165, 1.54) is 33.5 Å². The van der Waals surface area contributed by atoms with Gasteiger partial charge in [-0.1, -0.05) is 80.1 Å². The molecule has 0 saturated carbocycles. The molecule has 1 aliphatic rings. The molecule has 0 N–H and O–H groups in total. The molecule has 0 aliphatic heterocycles. The molecule has 4 aromatic carbocycles. The van der Waals surface area contributed by atoms with Crippen molar-refractivity contribution in [1.29, 1.82) is 0 Å². The zero-order chi connectivity index (χ0) is 24.0. The van der Waals surface area contributed by atoms with Crippen molar-refractivity contribution < 1.29 is 0 Å². The molecule has 0 atom stereocenters. The number of pyridine rings is 1. The molecular weight excluding hydrogens is 424 g/mol. The number of rotatable bonds is 4. The van der Waals surface area contributed by atoms with E-state index in [1.807, 2.05) is 18.5 Å². The molecule has 0 radical (unpaired) electrons. The summed E-state index contributed by atoms with van der Waals surface area (Å²) in [5.41, 5.74) is 12.4. The van der Waals surface area contributed by atoms with Crippen molar-refractivity contribution in [3.63, 3.8) is 0 Å². The van der Waals surface area contributed by atoms with Crippen molar-refractivity contribution in [3.8, 4) is 22.3 Å². The first-order valence-electron chi connectivity index (χ1n) is 12.1. The Morgan fingerprint density at radius 2 is 1.26 bits per heavy atom. The molecule has 170 valence electrons. The summed E-state index contributed by atoms with van der Waals surface area (Å²) in [6, 6.07) is 37.4. The average Bonchev–Trinajstić information content (AvgIpc) is 3.13.